The number of ether oxygens (including phenoxy) is 1. The number of hydrogen-bond acceptors (Lipinski definition) is 3. The normalized spacial score (nSPS) is 23.1. The minimum atomic E-state index is -1.06. The van der Waals surface area contributed by atoms with Crippen LogP contribution in [0.15, 0.2) is 18.2 Å². The Bertz CT molecular complexity index is 461. The molecule has 6 heteroatoms. The molecular weight excluding hydrogens is 261 g/mol. The average Bonchev–Trinajstić information content (AvgIpc) is 2.77. The molecule has 1 atom stereocenters. The van der Waals surface area contributed by atoms with Gasteiger partial charge < -0.3 is 15.2 Å². The Morgan fingerprint density at radius 2 is 2.39 bits per heavy atom. The minimum absolute atomic E-state index is 0.0256. The van der Waals surface area contributed by atoms with E-state index in [1.165, 1.54) is 12.1 Å². The third-order valence-corrected chi connectivity index (χ3v) is 3.07. The van der Waals surface area contributed by atoms with Gasteiger partial charge >= 0.3 is 0 Å². The molecule has 18 heavy (non-hydrogen) atoms. The minimum Gasteiger partial charge on any atom is -0.386 e. The summed E-state index contributed by atoms with van der Waals surface area (Å²) in [6.07, 6.45) is 0.450. The Labute approximate surface area is 109 Å². The van der Waals surface area contributed by atoms with Crippen molar-refractivity contribution in [2.24, 2.45) is 0 Å². The number of aliphatic hydroxyl groups is 1. The van der Waals surface area contributed by atoms with Gasteiger partial charge in [-0.15, -0.1) is 0 Å². The lowest BCUT2D eigenvalue weighted by molar-refractivity contribution is 0.0264. The molecule has 1 aliphatic heterocycles. The molecule has 0 radical (unpaired) electrons. The molecule has 0 aliphatic carbocycles. The molecule has 2 rings (SSSR count). The molecule has 1 aromatic rings. The van der Waals surface area contributed by atoms with E-state index in [-0.39, 0.29) is 23.7 Å². The molecule has 1 saturated heterocycles. The Morgan fingerprint density at radius 3 is 3.06 bits per heavy atom. The van der Waals surface area contributed by atoms with Gasteiger partial charge in [0.05, 0.1) is 12.2 Å². The molecule has 1 heterocycles. The largest absolute Gasteiger partial charge is 0.386 e. The van der Waals surface area contributed by atoms with Crippen molar-refractivity contribution in [3.05, 3.63) is 34.6 Å². The van der Waals surface area contributed by atoms with Gasteiger partial charge in [-0.3, -0.25) is 4.79 Å². The van der Waals surface area contributed by atoms with Crippen LogP contribution in [0.25, 0.3) is 0 Å². The van der Waals surface area contributed by atoms with Crippen LogP contribution in [0.4, 0.5) is 4.39 Å². The van der Waals surface area contributed by atoms with Crippen LogP contribution in [0.2, 0.25) is 5.02 Å². The first-order valence-electron chi connectivity index (χ1n) is 5.54. The van der Waals surface area contributed by atoms with Gasteiger partial charge in [0.2, 0.25) is 0 Å². The molecule has 1 amide bonds. The van der Waals surface area contributed by atoms with E-state index in [0.29, 0.717) is 13.0 Å². The summed E-state index contributed by atoms with van der Waals surface area (Å²) >= 11 is 5.70. The molecule has 1 aliphatic rings. The highest BCUT2D eigenvalue weighted by Crippen LogP contribution is 2.18. The van der Waals surface area contributed by atoms with Crippen molar-refractivity contribution in [3.63, 3.8) is 0 Å². The highest BCUT2D eigenvalue weighted by atomic mass is 35.5. The molecule has 0 spiro atoms. The van der Waals surface area contributed by atoms with Crippen LogP contribution in [-0.4, -0.2) is 36.4 Å². The van der Waals surface area contributed by atoms with Crippen LogP contribution in [0.5, 0.6) is 0 Å². The lowest BCUT2D eigenvalue weighted by atomic mass is 10.0. The Morgan fingerprint density at radius 1 is 1.61 bits per heavy atom. The van der Waals surface area contributed by atoms with Crippen LogP contribution < -0.4 is 5.32 Å². The number of hydrogen-bond donors (Lipinski definition) is 2. The maximum atomic E-state index is 13.4. The van der Waals surface area contributed by atoms with Crippen molar-refractivity contribution in [2.75, 3.05) is 19.8 Å². The molecule has 0 saturated carbocycles. The second-order valence-corrected chi connectivity index (χ2v) is 4.77. The lowest BCUT2D eigenvalue weighted by Gasteiger charge is -2.20. The molecule has 1 fully saturated rings. The first kappa shape index (κ1) is 13.3. The van der Waals surface area contributed by atoms with E-state index in [1.807, 2.05) is 0 Å². The number of carbonyl (C=O) groups is 1. The van der Waals surface area contributed by atoms with Crippen LogP contribution in [0.3, 0.4) is 0 Å². The highest BCUT2D eigenvalue weighted by molar-refractivity contribution is 6.30. The number of benzene rings is 1. The Hall–Kier alpha value is -1.17. The molecule has 4 nitrogen and oxygen atoms in total. The van der Waals surface area contributed by atoms with Crippen molar-refractivity contribution in [2.45, 2.75) is 12.0 Å². The summed E-state index contributed by atoms with van der Waals surface area (Å²) in [5.74, 6) is -1.25. The van der Waals surface area contributed by atoms with E-state index in [9.17, 15) is 14.3 Å². The van der Waals surface area contributed by atoms with Crippen LogP contribution in [0.1, 0.15) is 16.8 Å². The topological polar surface area (TPSA) is 58.6 Å². The molecule has 1 aromatic carbocycles. The van der Waals surface area contributed by atoms with Gasteiger partial charge in [-0.2, -0.15) is 0 Å². The fourth-order valence-corrected chi connectivity index (χ4v) is 1.92. The molecule has 0 aromatic heterocycles. The summed E-state index contributed by atoms with van der Waals surface area (Å²) in [4.78, 5) is 11.8. The van der Waals surface area contributed by atoms with E-state index in [4.69, 9.17) is 16.3 Å². The van der Waals surface area contributed by atoms with Crippen LogP contribution >= 0.6 is 11.6 Å². The highest BCUT2D eigenvalue weighted by Gasteiger charge is 2.32. The zero-order valence-electron chi connectivity index (χ0n) is 9.58. The second kappa shape index (κ2) is 5.22. The molecule has 0 bridgehead atoms. The zero-order valence-corrected chi connectivity index (χ0v) is 10.3. The summed E-state index contributed by atoms with van der Waals surface area (Å²) < 4.78 is 18.5. The summed E-state index contributed by atoms with van der Waals surface area (Å²) in [5.41, 5.74) is -1.20. The first-order valence-corrected chi connectivity index (χ1v) is 5.91. The average molecular weight is 274 g/mol. The van der Waals surface area contributed by atoms with Crippen molar-refractivity contribution in [1.29, 1.82) is 0 Å². The number of rotatable bonds is 3. The number of halogens is 2. The fourth-order valence-electron chi connectivity index (χ4n) is 1.75. The maximum Gasteiger partial charge on any atom is 0.254 e. The molecular formula is C12H13ClFNO3. The summed E-state index contributed by atoms with van der Waals surface area (Å²) in [5, 5.41) is 12.7. The van der Waals surface area contributed by atoms with Gasteiger partial charge in [0.25, 0.3) is 5.91 Å². The first-order chi connectivity index (χ1) is 8.50. The molecule has 2 N–H and O–H groups in total. The van der Waals surface area contributed by atoms with E-state index in [1.54, 1.807) is 0 Å². The van der Waals surface area contributed by atoms with Gasteiger partial charge in [-0.05, 0) is 18.2 Å². The van der Waals surface area contributed by atoms with E-state index in [2.05, 4.69) is 5.32 Å². The Kier molecular flexibility index (Phi) is 3.85. The molecule has 98 valence electrons. The number of nitrogens with one attached hydrogen (secondary N) is 1. The quantitative estimate of drug-likeness (QED) is 0.874. The second-order valence-electron chi connectivity index (χ2n) is 4.33. The maximum absolute atomic E-state index is 13.4. The van der Waals surface area contributed by atoms with Crippen LogP contribution in [0, 0.1) is 5.82 Å². The van der Waals surface area contributed by atoms with Crippen LogP contribution in [-0.2, 0) is 4.74 Å². The summed E-state index contributed by atoms with van der Waals surface area (Å²) in [7, 11) is 0. The lowest BCUT2D eigenvalue weighted by Crippen LogP contribution is -2.43. The van der Waals surface area contributed by atoms with Crippen molar-refractivity contribution in [1.82, 2.24) is 5.32 Å². The van der Waals surface area contributed by atoms with E-state index in [0.717, 1.165) is 6.07 Å². The summed E-state index contributed by atoms with van der Waals surface area (Å²) in [6, 6.07) is 3.75. The molecule has 1 unspecified atom stereocenters. The van der Waals surface area contributed by atoms with Crippen molar-refractivity contribution < 1.29 is 19.0 Å². The predicted molar refractivity (Wildman–Crippen MR) is 64.1 cm³/mol. The number of carbonyl (C=O) groups excluding carboxylic acids is 1. The van der Waals surface area contributed by atoms with Gasteiger partial charge in [-0.1, -0.05) is 11.6 Å². The van der Waals surface area contributed by atoms with Gasteiger partial charge in [0.15, 0.2) is 0 Å². The number of amides is 1. The van der Waals surface area contributed by atoms with Crippen molar-refractivity contribution in [3.8, 4) is 0 Å². The SMILES string of the molecule is O=C(NCC1(O)CCOC1)c1cc(Cl)ccc1F. The van der Waals surface area contributed by atoms with E-state index >= 15 is 0 Å². The third-order valence-electron chi connectivity index (χ3n) is 2.83. The monoisotopic (exact) mass is 273 g/mol. The standard InChI is InChI=1S/C12H13ClFNO3/c13-8-1-2-10(14)9(5-8)11(16)15-6-12(17)3-4-18-7-12/h1-2,5,17H,3-4,6-7H2,(H,15,16). The zero-order chi connectivity index (χ0) is 13.2. The predicted octanol–water partition coefficient (Wildman–Crippen LogP) is 1.36. The van der Waals surface area contributed by atoms with Gasteiger partial charge in [0, 0.05) is 24.6 Å². The van der Waals surface area contributed by atoms with Gasteiger partial charge in [-0.25, -0.2) is 4.39 Å². The third kappa shape index (κ3) is 2.98. The fraction of sp³-hybridized carbons (Fsp3) is 0.417. The van der Waals surface area contributed by atoms with E-state index < -0.39 is 17.3 Å². The van der Waals surface area contributed by atoms with Crippen molar-refractivity contribution >= 4 is 17.5 Å². The smallest absolute Gasteiger partial charge is 0.254 e. The Balaban J connectivity index is 2.01. The van der Waals surface area contributed by atoms with Gasteiger partial charge in [0.1, 0.15) is 11.4 Å². The summed E-state index contributed by atoms with van der Waals surface area (Å²) in [6.45, 7) is 0.654.